The minimum absolute atomic E-state index is 0.158. The highest BCUT2D eigenvalue weighted by atomic mass is 35.5. The summed E-state index contributed by atoms with van der Waals surface area (Å²) in [5.74, 6) is -0.973. The molecule has 13 heavy (non-hydrogen) atoms. The first kappa shape index (κ1) is 7.93. The van der Waals surface area contributed by atoms with Crippen LogP contribution in [0.5, 0.6) is 0 Å². The molecular formula is C6H3ClN4O2. The highest BCUT2D eigenvalue weighted by Gasteiger charge is 2.08. The van der Waals surface area contributed by atoms with E-state index in [9.17, 15) is 4.79 Å². The van der Waals surface area contributed by atoms with E-state index in [4.69, 9.17) is 16.7 Å². The van der Waals surface area contributed by atoms with Crippen LogP contribution < -0.4 is 0 Å². The normalized spacial score (nSPS) is 10.5. The molecule has 0 saturated carbocycles. The third-order valence-corrected chi connectivity index (χ3v) is 1.67. The van der Waals surface area contributed by atoms with Crippen LogP contribution in [-0.4, -0.2) is 30.7 Å². The van der Waals surface area contributed by atoms with Crippen LogP contribution in [0.1, 0.15) is 10.5 Å². The van der Waals surface area contributed by atoms with Crippen LogP contribution in [0.25, 0.3) is 5.78 Å². The summed E-state index contributed by atoms with van der Waals surface area (Å²) in [6.07, 6.45) is 2.46. The van der Waals surface area contributed by atoms with Crippen molar-refractivity contribution in [3.05, 3.63) is 23.2 Å². The van der Waals surface area contributed by atoms with Crippen molar-refractivity contribution < 1.29 is 9.90 Å². The zero-order chi connectivity index (χ0) is 9.42. The number of aromatic carboxylic acids is 1. The van der Waals surface area contributed by atoms with Crippen molar-refractivity contribution in [2.75, 3.05) is 0 Å². The van der Waals surface area contributed by atoms with Crippen LogP contribution in [0, 0.1) is 0 Å². The third kappa shape index (κ3) is 1.20. The molecule has 0 fully saturated rings. The van der Waals surface area contributed by atoms with Gasteiger partial charge in [0.05, 0.1) is 12.4 Å². The number of hydrogen-bond donors (Lipinski definition) is 1. The average Bonchev–Trinajstić information content (AvgIpc) is 2.47. The fourth-order valence-corrected chi connectivity index (χ4v) is 1.02. The van der Waals surface area contributed by atoms with Gasteiger partial charge in [-0.05, 0) is 0 Å². The van der Waals surface area contributed by atoms with E-state index < -0.39 is 5.97 Å². The van der Waals surface area contributed by atoms with Gasteiger partial charge in [-0.25, -0.2) is 14.8 Å². The number of carboxylic acids is 1. The molecule has 0 amide bonds. The molecule has 0 spiro atoms. The maximum absolute atomic E-state index is 10.5. The van der Waals surface area contributed by atoms with Gasteiger partial charge in [0.1, 0.15) is 0 Å². The van der Waals surface area contributed by atoms with Gasteiger partial charge in [0.2, 0.25) is 0 Å². The fourth-order valence-electron chi connectivity index (χ4n) is 0.851. The van der Waals surface area contributed by atoms with E-state index in [-0.39, 0.29) is 11.5 Å². The van der Waals surface area contributed by atoms with E-state index in [2.05, 4.69) is 15.1 Å². The predicted molar refractivity (Wildman–Crippen MR) is 42.8 cm³/mol. The number of aromatic nitrogens is 4. The highest BCUT2D eigenvalue weighted by molar-refractivity contribution is 6.29. The number of nitrogens with zero attached hydrogens (tertiary/aromatic N) is 4. The maximum atomic E-state index is 10.5. The van der Waals surface area contributed by atoms with Crippen LogP contribution in [0.15, 0.2) is 12.4 Å². The Labute approximate surface area is 76.8 Å². The standard InChI is InChI=1S/C6H3ClN4O2/c7-4-2-8-6-10-3(5(12)13)1-9-11(4)6/h1-2H,(H,12,13). The lowest BCUT2D eigenvalue weighted by molar-refractivity contribution is 0.0690. The Morgan fingerprint density at radius 3 is 3.00 bits per heavy atom. The van der Waals surface area contributed by atoms with Gasteiger partial charge in [-0.1, -0.05) is 11.6 Å². The van der Waals surface area contributed by atoms with Gasteiger partial charge < -0.3 is 5.11 Å². The van der Waals surface area contributed by atoms with E-state index in [1.54, 1.807) is 0 Å². The number of halogens is 1. The van der Waals surface area contributed by atoms with Gasteiger partial charge in [0, 0.05) is 0 Å². The number of carbonyl (C=O) groups is 1. The van der Waals surface area contributed by atoms with Crippen LogP contribution in [-0.2, 0) is 0 Å². The summed E-state index contributed by atoms with van der Waals surface area (Å²) in [4.78, 5) is 17.9. The minimum atomic E-state index is -1.14. The Bertz CT molecular complexity index is 480. The van der Waals surface area contributed by atoms with Gasteiger partial charge in [-0.15, -0.1) is 0 Å². The fraction of sp³-hybridized carbons (Fsp3) is 0. The van der Waals surface area contributed by atoms with Crippen molar-refractivity contribution in [2.45, 2.75) is 0 Å². The molecule has 6 nitrogen and oxygen atoms in total. The lowest BCUT2D eigenvalue weighted by Gasteiger charge is -1.93. The Morgan fingerprint density at radius 1 is 1.54 bits per heavy atom. The van der Waals surface area contributed by atoms with E-state index in [0.717, 1.165) is 6.20 Å². The quantitative estimate of drug-likeness (QED) is 0.721. The zero-order valence-electron chi connectivity index (χ0n) is 6.18. The Kier molecular flexibility index (Phi) is 1.63. The molecule has 0 saturated heterocycles. The molecule has 2 aromatic rings. The molecule has 2 heterocycles. The Morgan fingerprint density at radius 2 is 2.31 bits per heavy atom. The summed E-state index contributed by atoms with van der Waals surface area (Å²) in [5.41, 5.74) is -0.158. The molecule has 0 aliphatic rings. The van der Waals surface area contributed by atoms with Crippen molar-refractivity contribution in [3.8, 4) is 0 Å². The minimum Gasteiger partial charge on any atom is -0.476 e. The average molecular weight is 199 g/mol. The topological polar surface area (TPSA) is 80.4 Å². The van der Waals surface area contributed by atoms with E-state index in [1.807, 2.05) is 0 Å². The summed E-state index contributed by atoms with van der Waals surface area (Å²) < 4.78 is 1.24. The van der Waals surface area contributed by atoms with Crippen molar-refractivity contribution in [1.29, 1.82) is 0 Å². The molecule has 2 rings (SSSR count). The summed E-state index contributed by atoms with van der Waals surface area (Å²) >= 11 is 5.66. The molecule has 7 heteroatoms. The van der Waals surface area contributed by atoms with Crippen molar-refractivity contribution in [3.63, 3.8) is 0 Å². The van der Waals surface area contributed by atoms with E-state index >= 15 is 0 Å². The van der Waals surface area contributed by atoms with Crippen LogP contribution in [0.2, 0.25) is 5.15 Å². The number of fused-ring (bicyclic) bond motifs is 1. The molecule has 66 valence electrons. The van der Waals surface area contributed by atoms with Gasteiger partial charge in [0.15, 0.2) is 10.8 Å². The summed E-state index contributed by atoms with van der Waals surface area (Å²) in [5, 5.41) is 12.6. The van der Waals surface area contributed by atoms with Gasteiger partial charge in [-0.2, -0.15) is 9.61 Å². The maximum Gasteiger partial charge on any atom is 0.356 e. The second-order valence-electron chi connectivity index (χ2n) is 2.24. The number of carboxylic acid groups (broad SMARTS) is 1. The van der Waals surface area contributed by atoms with Gasteiger partial charge >= 0.3 is 5.97 Å². The molecular weight excluding hydrogens is 196 g/mol. The van der Waals surface area contributed by atoms with Crippen LogP contribution in [0.4, 0.5) is 0 Å². The Hall–Kier alpha value is -1.69. The summed E-state index contributed by atoms with van der Waals surface area (Å²) in [6.45, 7) is 0. The van der Waals surface area contributed by atoms with Crippen LogP contribution in [0.3, 0.4) is 0 Å². The molecule has 0 bridgehead atoms. The van der Waals surface area contributed by atoms with E-state index in [0.29, 0.717) is 5.15 Å². The zero-order valence-corrected chi connectivity index (χ0v) is 6.93. The van der Waals surface area contributed by atoms with Crippen LogP contribution >= 0.6 is 11.6 Å². The number of imidazole rings is 1. The van der Waals surface area contributed by atoms with Crippen molar-refractivity contribution in [2.24, 2.45) is 0 Å². The van der Waals surface area contributed by atoms with Gasteiger partial charge in [0.25, 0.3) is 5.78 Å². The molecule has 0 aliphatic heterocycles. The number of rotatable bonds is 1. The monoisotopic (exact) mass is 198 g/mol. The number of hydrogen-bond acceptors (Lipinski definition) is 4. The lowest BCUT2D eigenvalue weighted by Crippen LogP contribution is -2.04. The SMILES string of the molecule is O=C(O)c1cnn2c(Cl)cnc2n1. The van der Waals surface area contributed by atoms with Crippen molar-refractivity contribution in [1.82, 2.24) is 19.6 Å². The second-order valence-corrected chi connectivity index (χ2v) is 2.63. The summed E-state index contributed by atoms with van der Waals surface area (Å²) in [6, 6.07) is 0. The first-order valence-corrected chi connectivity index (χ1v) is 3.66. The largest absolute Gasteiger partial charge is 0.476 e. The Balaban J connectivity index is 2.70. The first-order chi connectivity index (χ1) is 6.18. The first-order valence-electron chi connectivity index (χ1n) is 3.28. The molecule has 0 aromatic carbocycles. The van der Waals surface area contributed by atoms with Gasteiger partial charge in [-0.3, -0.25) is 0 Å². The molecule has 0 unspecified atom stereocenters. The second kappa shape index (κ2) is 2.67. The molecule has 2 aromatic heterocycles. The highest BCUT2D eigenvalue weighted by Crippen LogP contribution is 2.07. The molecule has 0 atom stereocenters. The third-order valence-electron chi connectivity index (χ3n) is 1.41. The smallest absolute Gasteiger partial charge is 0.356 e. The molecule has 0 radical (unpaired) electrons. The molecule has 0 aliphatic carbocycles. The van der Waals surface area contributed by atoms with Crippen molar-refractivity contribution >= 4 is 23.3 Å². The van der Waals surface area contributed by atoms with E-state index in [1.165, 1.54) is 10.7 Å². The predicted octanol–water partition coefficient (Wildman–Crippen LogP) is 0.476. The summed E-state index contributed by atoms with van der Waals surface area (Å²) in [7, 11) is 0. The lowest BCUT2D eigenvalue weighted by atomic mass is 10.5. The molecule has 1 N–H and O–H groups in total.